The van der Waals surface area contributed by atoms with Crippen LogP contribution in [0.1, 0.15) is 22.3 Å². The highest BCUT2D eigenvalue weighted by molar-refractivity contribution is 7.13. The lowest BCUT2D eigenvalue weighted by molar-refractivity contribution is 0.246. The van der Waals surface area contributed by atoms with Gasteiger partial charge in [0.25, 0.3) is 0 Å². The van der Waals surface area contributed by atoms with Gasteiger partial charge in [0.2, 0.25) is 5.54 Å². The Bertz CT molecular complexity index is 2060. The number of imidazole rings is 1. The van der Waals surface area contributed by atoms with Crippen LogP contribution in [0.4, 0.5) is 10.1 Å². The third kappa shape index (κ3) is 4.28. The molecule has 0 spiro atoms. The summed E-state index contributed by atoms with van der Waals surface area (Å²) in [6, 6.07) is 42.3. The second-order valence-corrected chi connectivity index (χ2v) is 11.8. The Morgan fingerprint density at radius 1 is 0.689 bits per heavy atom. The molecule has 1 unspecified atom stereocenters. The molecule has 0 saturated heterocycles. The number of aromatic nitrogens is 3. The van der Waals surface area contributed by atoms with E-state index < -0.39 is 5.54 Å². The van der Waals surface area contributed by atoms with Crippen LogP contribution in [0.25, 0.3) is 16.3 Å². The normalized spacial score (nSPS) is 16.2. The van der Waals surface area contributed by atoms with E-state index in [1.807, 2.05) is 42.0 Å². The van der Waals surface area contributed by atoms with Crippen molar-refractivity contribution >= 4 is 28.4 Å². The van der Waals surface area contributed by atoms with Crippen molar-refractivity contribution in [2.45, 2.75) is 5.54 Å². The molecule has 1 aliphatic heterocycles. The second-order valence-electron chi connectivity index (χ2n) is 10.9. The minimum absolute atomic E-state index is 0.0587. The molecule has 3 aromatic heterocycles. The van der Waals surface area contributed by atoms with Crippen molar-refractivity contribution < 1.29 is 4.39 Å². The molecule has 45 heavy (non-hydrogen) atoms. The highest BCUT2D eigenvalue weighted by Gasteiger charge is 2.59. The summed E-state index contributed by atoms with van der Waals surface area (Å²) in [5, 5.41) is 8.51. The number of benzene rings is 4. The standard InChI is InChI=1S/C38H27FN5S/c39-32-18-16-28(17-19-32)34-22-24-44(42-34,33-20-21-36-41-26-35(43(36)27-33)37-40-23-25-45-37)38(29-10-4-1-5-11-29,30-12-6-2-7-13-30)31-14-8-3-9-15-31/h1-27H/q+1. The van der Waals surface area contributed by atoms with E-state index in [4.69, 9.17) is 10.1 Å². The topological polar surface area (TPSA) is 42.5 Å². The molecule has 0 amide bonds. The van der Waals surface area contributed by atoms with Crippen LogP contribution in [0.5, 0.6) is 0 Å². The van der Waals surface area contributed by atoms with Gasteiger partial charge in [0.1, 0.15) is 34.1 Å². The van der Waals surface area contributed by atoms with Gasteiger partial charge in [0, 0.05) is 46.0 Å². The van der Waals surface area contributed by atoms with E-state index in [1.54, 1.807) is 23.5 Å². The van der Waals surface area contributed by atoms with Crippen molar-refractivity contribution in [3.05, 3.63) is 192 Å². The van der Waals surface area contributed by atoms with Gasteiger partial charge in [-0.3, -0.25) is 4.40 Å². The summed E-state index contributed by atoms with van der Waals surface area (Å²) in [6.45, 7) is 0. The van der Waals surface area contributed by atoms with Gasteiger partial charge in [-0.2, -0.15) is 0 Å². The Morgan fingerprint density at radius 3 is 1.89 bits per heavy atom. The fraction of sp³-hybridized carbons (Fsp3) is 0.0263. The smallest absolute Gasteiger partial charge is 0.209 e. The lowest BCUT2D eigenvalue weighted by Gasteiger charge is -2.46. The number of quaternary nitrogens is 1. The Morgan fingerprint density at radius 2 is 1.31 bits per heavy atom. The van der Waals surface area contributed by atoms with Crippen LogP contribution < -0.4 is 4.59 Å². The fourth-order valence-electron chi connectivity index (χ4n) is 6.52. The van der Waals surface area contributed by atoms with Gasteiger partial charge < -0.3 is 0 Å². The number of halogens is 1. The van der Waals surface area contributed by atoms with E-state index in [0.29, 0.717) is 0 Å². The predicted molar refractivity (Wildman–Crippen MR) is 179 cm³/mol. The van der Waals surface area contributed by atoms with Crippen molar-refractivity contribution in [3.8, 4) is 10.7 Å². The molecule has 0 saturated carbocycles. The molecule has 0 fully saturated rings. The largest absolute Gasteiger partial charge is 0.291 e. The van der Waals surface area contributed by atoms with Gasteiger partial charge in [0.05, 0.1) is 12.4 Å². The summed E-state index contributed by atoms with van der Waals surface area (Å²) in [5.74, 6) is -0.283. The number of thiazole rings is 1. The molecular weight excluding hydrogens is 578 g/mol. The summed E-state index contributed by atoms with van der Waals surface area (Å²) in [5.41, 5.74) is 6.59. The van der Waals surface area contributed by atoms with Gasteiger partial charge in [-0.15, -0.1) is 15.9 Å². The molecule has 1 aliphatic rings. The van der Waals surface area contributed by atoms with E-state index in [9.17, 15) is 4.39 Å². The average Bonchev–Trinajstić information content (AvgIpc) is 3.88. The highest BCUT2D eigenvalue weighted by Crippen LogP contribution is 2.52. The molecule has 0 bridgehead atoms. The molecule has 0 N–H and O–H groups in total. The van der Waals surface area contributed by atoms with E-state index in [1.165, 1.54) is 12.1 Å². The zero-order valence-electron chi connectivity index (χ0n) is 24.1. The molecule has 8 rings (SSSR count). The Balaban J connectivity index is 1.51. The first-order valence-electron chi connectivity index (χ1n) is 14.7. The molecule has 5 nitrogen and oxygen atoms in total. The summed E-state index contributed by atoms with van der Waals surface area (Å²) < 4.78 is 16.2. The zero-order chi connectivity index (χ0) is 30.3. The summed E-state index contributed by atoms with van der Waals surface area (Å²) in [6.07, 6.45) is 10.0. The first-order valence-corrected chi connectivity index (χ1v) is 15.6. The van der Waals surface area contributed by atoms with E-state index in [-0.39, 0.29) is 10.4 Å². The van der Waals surface area contributed by atoms with Crippen molar-refractivity contribution in [2.75, 3.05) is 0 Å². The van der Waals surface area contributed by atoms with Gasteiger partial charge in [-0.25, -0.2) is 14.4 Å². The Kier molecular flexibility index (Phi) is 6.55. The predicted octanol–water partition coefficient (Wildman–Crippen LogP) is 8.83. The van der Waals surface area contributed by atoms with Crippen LogP contribution >= 0.6 is 11.3 Å². The monoisotopic (exact) mass is 604 g/mol. The third-order valence-corrected chi connectivity index (χ3v) is 9.27. The van der Waals surface area contributed by atoms with E-state index in [2.05, 4.69) is 107 Å². The molecule has 216 valence electrons. The van der Waals surface area contributed by atoms with Crippen LogP contribution in [0, 0.1) is 5.82 Å². The van der Waals surface area contributed by atoms with Crippen LogP contribution in [0.3, 0.4) is 0 Å². The molecule has 4 aromatic carbocycles. The Labute approximate surface area is 264 Å². The van der Waals surface area contributed by atoms with Crippen molar-refractivity contribution in [3.63, 3.8) is 0 Å². The first-order chi connectivity index (χ1) is 22.2. The molecule has 7 heteroatoms. The summed E-state index contributed by atoms with van der Waals surface area (Å²) in [4.78, 5) is 9.29. The van der Waals surface area contributed by atoms with Crippen LogP contribution in [0.15, 0.2) is 169 Å². The van der Waals surface area contributed by atoms with Gasteiger partial charge >= 0.3 is 0 Å². The van der Waals surface area contributed by atoms with Crippen molar-refractivity contribution in [1.82, 2.24) is 19.0 Å². The van der Waals surface area contributed by atoms with E-state index >= 15 is 0 Å². The third-order valence-electron chi connectivity index (χ3n) is 8.47. The van der Waals surface area contributed by atoms with Gasteiger partial charge in [-0.1, -0.05) is 96.1 Å². The second kappa shape index (κ2) is 10.9. The number of nitrogens with zero attached hydrogens (tertiary/aromatic N) is 5. The number of hydrogen-bond acceptors (Lipinski definition) is 4. The molecule has 1 atom stereocenters. The van der Waals surface area contributed by atoms with Crippen molar-refractivity contribution in [1.29, 1.82) is 0 Å². The number of fused-ring (bicyclic) bond motifs is 1. The molecule has 7 aromatic rings. The van der Waals surface area contributed by atoms with Crippen LogP contribution in [-0.2, 0) is 5.54 Å². The first kappa shape index (κ1) is 27.1. The number of pyridine rings is 1. The lowest BCUT2D eigenvalue weighted by atomic mass is 9.74. The molecular formula is C38H27FN5S+. The number of rotatable bonds is 7. The van der Waals surface area contributed by atoms with E-state index in [0.717, 1.165) is 50.0 Å². The zero-order valence-corrected chi connectivity index (χ0v) is 24.9. The Hall–Kier alpha value is -5.50. The number of hydrogen-bond donors (Lipinski definition) is 0. The maximum absolute atomic E-state index is 14.0. The average molecular weight is 605 g/mol. The lowest BCUT2D eigenvalue weighted by Crippen LogP contribution is -2.57. The SMILES string of the molecule is Fc1ccc(C2=N[N+](c3ccc4ncc(-c5nccs5)n4c3)(C(c3ccccc3)(c3ccccc3)c3ccccc3)C=C2)cc1. The van der Waals surface area contributed by atoms with Crippen LogP contribution in [-0.4, -0.2) is 20.1 Å². The summed E-state index contributed by atoms with van der Waals surface area (Å²) >= 11 is 1.58. The maximum atomic E-state index is 14.0. The maximum Gasteiger partial charge on any atom is 0.209 e. The van der Waals surface area contributed by atoms with Gasteiger partial charge in [0.15, 0.2) is 5.69 Å². The minimum atomic E-state index is -0.863. The van der Waals surface area contributed by atoms with Crippen molar-refractivity contribution in [2.24, 2.45) is 5.10 Å². The molecule has 0 radical (unpaired) electrons. The fourth-order valence-corrected chi connectivity index (χ4v) is 7.17. The minimum Gasteiger partial charge on any atom is -0.291 e. The number of allylic oxidation sites excluding steroid dienone is 1. The van der Waals surface area contributed by atoms with Crippen LogP contribution in [0.2, 0.25) is 0 Å². The highest BCUT2D eigenvalue weighted by atomic mass is 32.1. The summed E-state index contributed by atoms with van der Waals surface area (Å²) in [7, 11) is 0. The van der Waals surface area contributed by atoms with Gasteiger partial charge in [-0.05, 0) is 30.3 Å². The molecule has 4 heterocycles. The quantitative estimate of drug-likeness (QED) is 0.135. The molecule has 0 aliphatic carbocycles.